The van der Waals surface area contributed by atoms with Crippen molar-refractivity contribution >= 4 is 22.3 Å². The Balaban J connectivity index is 2.59. The van der Waals surface area contributed by atoms with Crippen LogP contribution < -0.4 is 10.6 Å². The summed E-state index contributed by atoms with van der Waals surface area (Å²) in [4.78, 5) is 6.61. The van der Waals surface area contributed by atoms with E-state index in [1.807, 2.05) is 18.2 Å². The van der Waals surface area contributed by atoms with Crippen molar-refractivity contribution in [1.82, 2.24) is 4.98 Å². The van der Waals surface area contributed by atoms with Gasteiger partial charge in [-0.05, 0) is 45.0 Å². The second kappa shape index (κ2) is 4.62. The fourth-order valence-corrected chi connectivity index (χ4v) is 2.23. The summed E-state index contributed by atoms with van der Waals surface area (Å²) in [6, 6.07) is 8.49. The first kappa shape index (κ1) is 11.7. The van der Waals surface area contributed by atoms with Crippen LogP contribution in [-0.2, 0) is 0 Å². The number of anilines is 2. The van der Waals surface area contributed by atoms with Crippen LogP contribution in [-0.4, -0.2) is 17.6 Å². The van der Waals surface area contributed by atoms with Crippen molar-refractivity contribution in [3.63, 3.8) is 0 Å². The Morgan fingerprint density at radius 1 is 1.29 bits per heavy atom. The Morgan fingerprint density at radius 2 is 2.06 bits per heavy atom. The summed E-state index contributed by atoms with van der Waals surface area (Å²) in [5, 5.41) is 1.03. The van der Waals surface area contributed by atoms with E-state index >= 15 is 0 Å². The number of fused-ring (bicyclic) bond motifs is 1. The molecule has 0 saturated carbocycles. The average molecular weight is 229 g/mol. The van der Waals surface area contributed by atoms with E-state index in [0.29, 0.717) is 6.04 Å². The van der Waals surface area contributed by atoms with E-state index in [1.165, 1.54) is 0 Å². The highest BCUT2D eigenvalue weighted by Gasteiger charge is 2.13. The maximum Gasteiger partial charge on any atom is 0.0724 e. The van der Waals surface area contributed by atoms with Gasteiger partial charge in [0.1, 0.15) is 0 Å². The van der Waals surface area contributed by atoms with Gasteiger partial charge in [-0.2, -0.15) is 0 Å². The molecule has 2 rings (SSSR count). The highest BCUT2D eigenvalue weighted by Crippen LogP contribution is 2.31. The molecule has 1 aromatic carbocycles. The SMILES string of the molecule is CCN(c1ccc2ncccc2c1N)C(C)C. The molecule has 17 heavy (non-hydrogen) atoms. The van der Waals surface area contributed by atoms with E-state index in [4.69, 9.17) is 5.73 Å². The number of nitrogens with zero attached hydrogens (tertiary/aromatic N) is 2. The number of pyridine rings is 1. The average Bonchev–Trinajstić information content (AvgIpc) is 2.33. The molecule has 0 amide bonds. The number of rotatable bonds is 3. The van der Waals surface area contributed by atoms with Crippen LogP contribution in [0.3, 0.4) is 0 Å². The molecule has 0 saturated heterocycles. The maximum atomic E-state index is 6.25. The highest BCUT2D eigenvalue weighted by molar-refractivity contribution is 5.97. The summed E-state index contributed by atoms with van der Waals surface area (Å²) >= 11 is 0. The zero-order valence-electron chi connectivity index (χ0n) is 10.6. The van der Waals surface area contributed by atoms with Crippen LogP contribution in [0.25, 0.3) is 10.9 Å². The minimum Gasteiger partial charge on any atom is -0.396 e. The van der Waals surface area contributed by atoms with Gasteiger partial charge in [0.2, 0.25) is 0 Å². The first-order chi connectivity index (χ1) is 8.15. The molecule has 2 aromatic rings. The Hall–Kier alpha value is -1.77. The third-order valence-electron chi connectivity index (χ3n) is 3.08. The maximum absolute atomic E-state index is 6.25. The monoisotopic (exact) mass is 229 g/mol. The Kier molecular flexibility index (Phi) is 3.18. The van der Waals surface area contributed by atoms with Gasteiger partial charge >= 0.3 is 0 Å². The molecule has 1 heterocycles. The first-order valence-electron chi connectivity index (χ1n) is 6.05. The molecule has 0 radical (unpaired) electrons. The van der Waals surface area contributed by atoms with Crippen molar-refractivity contribution in [2.75, 3.05) is 17.2 Å². The Bertz CT molecular complexity index is 520. The number of benzene rings is 1. The molecule has 2 N–H and O–H groups in total. The minimum atomic E-state index is 0.441. The predicted molar refractivity (Wildman–Crippen MR) is 74.3 cm³/mol. The van der Waals surface area contributed by atoms with Gasteiger partial charge < -0.3 is 10.6 Å². The lowest BCUT2D eigenvalue weighted by Gasteiger charge is -2.29. The van der Waals surface area contributed by atoms with Gasteiger partial charge in [-0.15, -0.1) is 0 Å². The smallest absolute Gasteiger partial charge is 0.0724 e. The second-order valence-electron chi connectivity index (χ2n) is 4.45. The molecule has 90 valence electrons. The van der Waals surface area contributed by atoms with E-state index < -0.39 is 0 Å². The molecule has 0 spiro atoms. The van der Waals surface area contributed by atoms with Crippen LogP contribution in [0.1, 0.15) is 20.8 Å². The third kappa shape index (κ3) is 2.05. The summed E-state index contributed by atoms with van der Waals surface area (Å²) < 4.78 is 0. The summed E-state index contributed by atoms with van der Waals surface area (Å²) in [5.74, 6) is 0. The van der Waals surface area contributed by atoms with E-state index in [9.17, 15) is 0 Å². The van der Waals surface area contributed by atoms with Crippen molar-refractivity contribution in [2.45, 2.75) is 26.8 Å². The van der Waals surface area contributed by atoms with Gasteiger partial charge in [0, 0.05) is 24.2 Å². The lowest BCUT2D eigenvalue weighted by Crippen LogP contribution is -2.31. The summed E-state index contributed by atoms with van der Waals surface area (Å²) in [6.07, 6.45) is 1.79. The van der Waals surface area contributed by atoms with Crippen molar-refractivity contribution in [2.24, 2.45) is 0 Å². The van der Waals surface area contributed by atoms with Crippen LogP contribution in [0.15, 0.2) is 30.5 Å². The Labute approximate surface area is 102 Å². The van der Waals surface area contributed by atoms with Gasteiger partial charge in [0.15, 0.2) is 0 Å². The fourth-order valence-electron chi connectivity index (χ4n) is 2.23. The van der Waals surface area contributed by atoms with Gasteiger partial charge in [0.05, 0.1) is 16.9 Å². The summed E-state index contributed by atoms with van der Waals surface area (Å²) in [7, 11) is 0. The highest BCUT2D eigenvalue weighted by atomic mass is 15.2. The molecule has 0 fully saturated rings. The molecule has 3 heteroatoms. The van der Waals surface area contributed by atoms with Crippen LogP contribution in [0, 0.1) is 0 Å². The first-order valence-corrected chi connectivity index (χ1v) is 6.05. The van der Waals surface area contributed by atoms with Gasteiger partial charge in [-0.25, -0.2) is 0 Å². The molecular formula is C14H19N3. The van der Waals surface area contributed by atoms with Crippen LogP contribution in [0.2, 0.25) is 0 Å². The normalized spacial score (nSPS) is 11.1. The van der Waals surface area contributed by atoms with Crippen molar-refractivity contribution in [3.05, 3.63) is 30.5 Å². The predicted octanol–water partition coefficient (Wildman–Crippen LogP) is 3.05. The standard InChI is InChI=1S/C14H19N3/c1-4-17(10(2)3)13-8-7-12-11(14(13)15)6-5-9-16-12/h5-10H,4,15H2,1-3H3. The number of nitrogens with two attached hydrogens (primary N) is 1. The van der Waals surface area contributed by atoms with Crippen molar-refractivity contribution < 1.29 is 0 Å². The largest absolute Gasteiger partial charge is 0.396 e. The van der Waals surface area contributed by atoms with E-state index in [-0.39, 0.29) is 0 Å². The minimum absolute atomic E-state index is 0.441. The second-order valence-corrected chi connectivity index (χ2v) is 4.45. The van der Waals surface area contributed by atoms with Crippen molar-refractivity contribution in [3.8, 4) is 0 Å². The summed E-state index contributed by atoms with van der Waals surface area (Å²) in [6.45, 7) is 7.45. The topological polar surface area (TPSA) is 42.2 Å². The van der Waals surface area contributed by atoms with Gasteiger partial charge in [-0.1, -0.05) is 0 Å². The Morgan fingerprint density at radius 3 is 2.71 bits per heavy atom. The van der Waals surface area contributed by atoms with E-state index in [1.54, 1.807) is 6.20 Å². The van der Waals surface area contributed by atoms with E-state index in [2.05, 4.69) is 36.7 Å². The molecule has 0 unspecified atom stereocenters. The quantitative estimate of drug-likeness (QED) is 0.822. The zero-order chi connectivity index (χ0) is 12.4. The number of hydrogen-bond donors (Lipinski definition) is 1. The fraction of sp³-hybridized carbons (Fsp3) is 0.357. The molecule has 0 aliphatic rings. The number of hydrogen-bond acceptors (Lipinski definition) is 3. The number of nitrogen functional groups attached to an aromatic ring is 1. The zero-order valence-corrected chi connectivity index (χ0v) is 10.6. The molecular weight excluding hydrogens is 210 g/mol. The molecule has 3 nitrogen and oxygen atoms in total. The molecule has 0 aliphatic heterocycles. The molecule has 0 aliphatic carbocycles. The van der Waals surface area contributed by atoms with Crippen LogP contribution >= 0.6 is 0 Å². The lowest BCUT2D eigenvalue weighted by molar-refractivity contribution is 0.705. The molecule has 0 bridgehead atoms. The third-order valence-corrected chi connectivity index (χ3v) is 3.08. The summed E-state index contributed by atoms with van der Waals surface area (Å²) in [5.41, 5.74) is 9.13. The van der Waals surface area contributed by atoms with Gasteiger partial charge in [0.25, 0.3) is 0 Å². The van der Waals surface area contributed by atoms with E-state index in [0.717, 1.165) is 28.8 Å². The number of aromatic nitrogens is 1. The molecule has 1 aromatic heterocycles. The van der Waals surface area contributed by atoms with Crippen LogP contribution in [0.4, 0.5) is 11.4 Å². The van der Waals surface area contributed by atoms with Crippen LogP contribution in [0.5, 0.6) is 0 Å². The lowest BCUT2D eigenvalue weighted by atomic mass is 10.1. The van der Waals surface area contributed by atoms with Crippen molar-refractivity contribution in [1.29, 1.82) is 0 Å². The molecule has 0 atom stereocenters. The van der Waals surface area contributed by atoms with Gasteiger partial charge in [-0.3, -0.25) is 4.98 Å².